The van der Waals surface area contributed by atoms with Gasteiger partial charge in [-0.3, -0.25) is 9.36 Å². The Labute approximate surface area is 138 Å². The van der Waals surface area contributed by atoms with Crippen LogP contribution in [0.3, 0.4) is 0 Å². The Bertz CT molecular complexity index is 475. The predicted molar refractivity (Wildman–Crippen MR) is 90.9 cm³/mol. The summed E-state index contributed by atoms with van der Waals surface area (Å²) in [6.45, 7) is 4.83. The average molecular weight is 342 g/mol. The minimum Gasteiger partial charge on any atom is -0.427 e. The van der Waals surface area contributed by atoms with Crippen molar-refractivity contribution in [1.29, 1.82) is 0 Å². The van der Waals surface area contributed by atoms with E-state index in [1.807, 2.05) is 19.9 Å². The summed E-state index contributed by atoms with van der Waals surface area (Å²) in [5, 5.41) is 0. The molecule has 6 heteroatoms. The first-order valence-electron chi connectivity index (χ1n) is 8.23. The molecule has 0 saturated carbocycles. The molecule has 0 aromatic heterocycles. The van der Waals surface area contributed by atoms with Crippen LogP contribution in [0.25, 0.3) is 0 Å². The maximum atomic E-state index is 12.7. The molecule has 0 atom stereocenters. The Balaban J connectivity index is 2.47. The van der Waals surface area contributed by atoms with Gasteiger partial charge in [0.1, 0.15) is 5.75 Å². The van der Waals surface area contributed by atoms with Gasteiger partial charge in [0.05, 0.1) is 25.8 Å². The molecular weight excluding hydrogens is 315 g/mol. The highest BCUT2D eigenvalue weighted by Crippen LogP contribution is 2.49. The van der Waals surface area contributed by atoms with Gasteiger partial charge in [-0.15, -0.1) is 0 Å². The number of esters is 1. The summed E-state index contributed by atoms with van der Waals surface area (Å²) in [5.41, 5.74) is 0. The van der Waals surface area contributed by atoms with Crippen molar-refractivity contribution in [2.75, 3.05) is 19.4 Å². The lowest BCUT2D eigenvalue weighted by molar-refractivity contribution is -0.134. The van der Waals surface area contributed by atoms with Gasteiger partial charge < -0.3 is 13.8 Å². The molecule has 1 aromatic rings. The molecule has 130 valence electrons. The summed E-state index contributed by atoms with van der Waals surface area (Å²) in [4.78, 5) is 11.9. The van der Waals surface area contributed by atoms with Gasteiger partial charge in [0.25, 0.3) is 0 Å². The molecule has 0 fully saturated rings. The first-order chi connectivity index (χ1) is 11.1. The molecule has 0 aliphatic rings. The van der Waals surface area contributed by atoms with E-state index in [2.05, 4.69) is 0 Å². The van der Waals surface area contributed by atoms with Crippen molar-refractivity contribution in [3.63, 3.8) is 0 Å². The number of ether oxygens (including phenoxy) is 1. The number of hydrogen-bond donors (Lipinski definition) is 0. The highest BCUT2D eigenvalue weighted by atomic mass is 31.2. The zero-order valence-corrected chi connectivity index (χ0v) is 14.9. The number of carbonyl (C=O) groups is 1. The predicted octanol–water partition coefficient (Wildman–Crippen LogP) is 4.81. The van der Waals surface area contributed by atoms with Crippen molar-refractivity contribution in [2.24, 2.45) is 0 Å². The fraction of sp³-hybridized carbons (Fsp3) is 0.588. The Morgan fingerprint density at radius 3 is 2.09 bits per heavy atom. The van der Waals surface area contributed by atoms with E-state index in [4.69, 9.17) is 13.8 Å². The Morgan fingerprint density at radius 1 is 1.00 bits per heavy atom. The monoisotopic (exact) mass is 342 g/mol. The standard InChI is InChI=1S/C17H27O5P/c1-3-5-13-20-23(19,21-14-6-4-2)15-12-17(18)22-16-10-8-7-9-11-16/h7-11H,3-6,12-15H2,1-2H3. The summed E-state index contributed by atoms with van der Waals surface area (Å²) >= 11 is 0. The first-order valence-corrected chi connectivity index (χ1v) is 9.96. The highest BCUT2D eigenvalue weighted by molar-refractivity contribution is 7.53. The number of para-hydroxylation sites is 1. The Hall–Kier alpha value is -1.16. The zero-order valence-electron chi connectivity index (χ0n) is 14.0. The molecule has 0 aliphatic carbocycles. The first kappa shape index (κ1) is 19.9. The lowest BCUT2D eigenvalue weighted by Gasteiger charge is -2.18. The SMILES string of the molecule is CCCCOP(=O)(CCC(=O)Oc1ccccc1)OCCCC. The summed E-state index contributed by atoms with van der Waals surface area (Å²) < 4.78 is 28.7. The molecule has 0 radical (unpaired) electrons. The van der Waals surface area contributed by atoms with Gasteiger partial charge in [-0.05, 0) is 25.0 Å². The molecule has 0 heterocycles. The lowest BCUT2D eigenvalue weighted by Crippen LogP contribution is -2.12. The van der Waals surface area contributed by atoms with E-state index in [1.54, 1.807) is 24.3 Å². The van der Waals surface area contributed by atoms with Crippen LogP contribution in [0.2, 0.25) is 0 Å². The van der Waals surface area contributed by atoms with Crippen molar-refractivity contribution in [3.05, 3.63) is 30.3 Å². The van der Waals surface area contributed by atoms with Crippen molar-refractivity contribution in [1.82, 2.24) is 0 Å². The molecule has 0 N–H and O–H groups in total. The molecule has 0 unspecified atom stereocenters. The second-order valence-corrected chi connectivity index (χ2v) is 7.43. The highest BCUT2D eigenvalue weighted by Gasteiger charge is 2.26. The number of benzene rings is 1. The van der Waals surface area contributed by atoms with Crippen LogP contribution in [-0.4, -0.2) is 25.3 Å². The van der Waals surface area contributed by atoms with E-state index in [1.165, 1.54) is 0 Å². The third-order valence-electron chi connectivity index (χ3n) is 3.14. The van der Waals surface area contributed by atoms with Gasteiger partial charge in [0, 0.05) is 0 Å². The summed E-state index contributed by atoms with van der Waals surface area (Å²) in [7, 11) is -3.24. The third kappa shape index (κ3) is 8.89. The lowest BCUT2D eigenvalue weighted by atomic mass is 10.3. The third-order valence-corrected chi connectivity index (χ3v) is 5.06. The average Bonchev–Trinajstić information content (AvgIpc) is 2.55. The largest absolute Gasteiger partial charge is 0.427 e. The van der Waals surface area contributed by atoms with E-state index in [0.29, 0.717) is 19.0 Å². The minimum atomic E-state index is -3.24. The number of rotatable bonds is 12. The van der Waals surface area contributed by atoms with Crippen molar-refractivity contribution < 1.29 is 23.1 Å². The Kier molecular flexibility index (Phi) is 9.85. The van der Waals surface area contributed by atoms with E-state index >= 15 is 0 Å². The van der Waals surface area contributed by atoms with Gasteiger partial charge in [-0.2, -0.15) is 0 Å². The van der Waals surface area contributed by atoms with Crippen molar-refractivity contribution >= 4 is 13.6 Å². The molecule has 0 bridgehead atoms. The van der Waals surface area contributed by atoms with Crippen LogP contribution < -0.4 is 4.74 Å². The fourth-order valence-electron chi connectivity index (χ4n) is 1.76. The van der Waals surface area contributed by atoms with Crippen LogP contribution in [0.5, 0.6) is 5.75 Å². The number of carbonyl (C=O) groups excluding carboxylic acids is 1. The van der Waals surface area contributed by atoms with Gasteiger partial charge in [0.15, 0.2) is 0 Å². The maximum absolute atomic E-state index is 12.7. The van der Waals surface area contributed by atoms with Crippen LogP contribution >= 0.6 is 7.60 Å². The molecule has 5 nitrogen and oxygen atoms in total. The summed E-state index contributed by atoms with van der Waals surface area (Å²) in [6, 6.07) is 8.82. The molecule has 0 saturated heterocycles. The van der Waals surface area contributed by atoms with E-state index in [0.717, 1.165) is 25.7 Å². The molecule has 23 heavy (non-hydrogen) atoms. The van der Waals surface area contributed by atoms with E-state index in [9.17, 15) is 9.36 Å². The normalized spacial score (nSPS) is 11.4. The van der Waals surface area contributed by atoms with Crippen LogP contribution in [0.4, 0.5) is 0 Å². The second-order valence-electron chi connectivity index (χ2n) is 5.25. The van der Waals surface area contributed by atoms with Crippen LogP contribution in [-0.2, 0) is 18.4 Å². The topological polar surface area (TPSA) is 61.8 Å². The molecule has 0 amide bonds. The molecule has 1 rings (SSSR count). The van der Waals surface area contributed by atoms with Crippen LogP contribution in [0.1, 0.15) is 46.0 Å². The van der Waals surface area contributed by atoms with E-state index in [-0.39, 0.29) is 12.6 Å². The van der Waals surface area contributed by atoms with Crippen molar-refractivity contribution in [2.45, 2.75) is 46.0 Å². The van der Waals surface area contributed by atoms with Crippen molar-refractivity contribution in [3.8, 4) is 5.75 Å². The fourth-order valence-corrected chi connectivity index (χ4v) is 3.37. The summed E-state index contributed by atoms with van der Waals surface area (Å²) in [5.74, 6) is 0.0424. The van der Waals surface area contributed by atoms with Gasteiger partial charge in [-0.25, -0.2) is 0 Å². The quantitative estimate of drug-likeness (QED) is 0.236. The van der Waals surface area contributed by atoms with Gasteiger partial charge in [-0.1, -0.05) is 44.9 Å². The molecule has 0 spiro atoms. The smallest absolute Gasteiger partial charge is 0.331 e. The summed E-state index contributed by atoms with van der Waals surface area (Å²) in [6.07, 6.45) is 3.58. The maximum Gasteiger partial charge on any atom is 0.331 e. The van der Waals surface area contributed by atoms with E-state index < -0.39 is 13.6 Å². The number of unbranched alkanes of at least 4 members (excludes halogenated alkanes) is 2. The Morgan fingerprint density at radius 2 is 1.57 bits per heavy atom. The van der Waals surface area contributed by atoms with Gasteiger partial charge in [0.2, 0.25) is 0 Å². The van der Waals surface area contributed by atoms with Gasteiger partial charge >= 0.3 is 13.6 Å². The zero-order chi connectivity index (χ0) is 17.0. The van der Waals surface area contributed by atoms with Crippen LogP contribution in [0, 0.1) is 0 Å². The second kappa shape index (κ2) is 11.4. The number of hydrogen-bond acceptors (Lipinski definition) is 5. The minimum absolute atomic E-state index is 0.00439. The molecular formula is C17H27O5P. The van der Waals surface area contributed by atoms with Crippen LogP contribution in [0.15, 0.2) is 30.3 Å². The molecule has 0 aliphatic heterocycles. The molecule has 1 aromatic carbocycles.